The van der Waals surface area contributed by atoms with Crippen LogP contribution in [-0.4, -0.2) is 20.7 Å². The van der Waals surface area contributed by atoms with Crippen LogP contribution in [0.4, 0.5) is 0 Å². The summed E-state index contributed by atoms with van der Waals surface area (Å²) >= 11 is 0. The molecule has 1 aromatic rings. The number of pyridine rings is 1. The third-order valence-corrected chi connectivity index (χ3v) is 1.30. The summed E-state index contributed by atoms with van der Waals surface area (Å²) < 4.78 is 0. The van der Waals surface area contributed by atoms with E-state index in [4.69, 9.17) is 15.7 Å². The molecule has 0 saturated carbocycles. The predicted octanol–water partition coefficient (Wildman–Crippen LogP) is 0.591. The van der Waals surface area contributed by atoms with E-state index < -0.39 is 5.21 Å². The van der Waals surface area contributed by atoms with Crippen molar-refractivity contribution in [2.75, 3.05) is 0 Å². The molecule has 46 valence electrons. The van der Waals surface area contributed by atoms with Gasteiger partial charge in [0.05, 0.1) is 15.7 Å². The molecule has 0 amide bonds. The van der Waals surface area contributed by atoms with E-state index in [1.54, 1.807) is 31.5 Å². The van der Waals surface area contributed by atoms with E-state index in [2.05, 4.69) is 4.98 Å². The van der Waals surface area contributed by atoms with Gasteiger partial charge in [0, 0.05) is 12.4 Å². The van der Waals surface area contributed by atoms with Gasteiger partial charge in [-0.2, -0.15) is 0 Å². The first kappa shape index (κ1) is 7.39. The molecular formula is C7H7B2N. The Morgan fingerprint density at radius 3 is 2.10 bits per heavy atom. The summed E-state index contributed by atoms with van der Waals surface area (Å²) in [7, 11) is 11.2. The van der Waals surface area contributed by atoms with Crippen molar-refractivity contribution >= 4 is 15.7 Å². The summed E-state index contributed by atoms with van der Waals surface area (Å²) in [6.07, 6.45) is 3.35. The second-order valence-corrected chi connectivity index (χ2v) is 2.52. The van der Waals surface area contributed by atoms with Gasteiger partial charge in [0.2, 0.25) is 0 Å². The van der Waals surface area contributed by atoms with Gasteiger partial charge in [-0.05, 0) is 12.1 Å². The standard InChI is InChI=1S/C7H7B2N/c1-7(8,9)6-2-4-10-5-3-6/h2-5H,1H3. The Bertz CT molecular complexity index is 203. The molecule has 0 spiro atoms. The average molecular weight is 127 g/mol. The molecule has 0 aliphatic carbocycles. The van der Waals surface area contributed by atoms with Crippen LogP contribution in [-0.2, 0) is 5.21 Å². The molecule has 3 heteroatoms. The van der Waals surface area contributed by atoms with Gasteiger partial charge in [0.15, 0.2) is 0 Å². The topological polar surface area (TPSA) is 12.9 Å². The zero-order valence-electron chi connectivity index (χ0n) is 5.91. The lowest BCUT2D eigenvalue weighted by Crippen LogP contribution is -2.21. The second kappa shape index (κ2) is 2.49. The maximum Gasteiger partial charge on any atom is 0.0679 e. The first-order valence-corrected chi connectivity index (χ1v) is 3.09. The van der Waals surface area contributed by atoms with Crippen molar-refractivity contribution in [1.29, 1.82) is 0 Å². The number of aromatic nitrogens is 1. The van der Waals surface area contributed by atoms with Gasteiger partial charge in [0.25, 0.3) is 0 Å². The fourth-order valence-corrected chi connectivity index (χ4v) is 0.711. The van der Waals surface area contributed by atoms with Crippen LogP contribution in [0.1, 0.15) is 12.5 Å². The van der Waals surface area contributed by atoms with Crippen molar-refractivity contribution < 1.29 is 0 Å². The molecule has 0 aliphatic heterocycles. The molecule has 0 fully saturated rings. The first-order valence-electron chi connectivity index (χ1n) is 3.09. The Morgan fingerprint density at radius 1 is 1.30 bits per heavy atom. The van der Waals surface area contributed by atoms with Crippen LogP contribution in [0.5, 0.6) is 0 Å². The minimum Gasteiger partial charge on any atom is -0.265 e. The Hall–Kier alpha value is -0.720. The average Bonchev–Trinajstić information content (AvgIpc) is 1.88. The first-order chi connectivity index (χ1) is 4.61. The summed E-state index contributed by atoms with van der Waals surface area (Å²) in [5.41, 5.74) is 0.891. The molecule has 0 bridgehead atoms. The van der Waals surface area contributed by atoms with Gasteiger partial charge in [-0.3, -0.25) is 4.98 Å². The van der Waals surface area contributed by atoms with Gasteiger partial charge < -0.3 is 0 Å². The predicted molar refractivity (Wildman–Crippen MR) is 43.1 cm³/mol. The van der Waals surface area contributed by atoms with Crippen LogP contribution < -0.4 is 0 Å². The van der Waals surface area contributed by atoms with E-state index in [0.717, 1.165) is 5.56 Å². The van der Waals surface area contributed by atoms with E-state index in [0.29, 0.717) is 0 Å². The van der Waals surface area contributed by atoms with Crippen LogP contribution in [0.25, 0.3) is 0 Å². The highest BCUT2D eigenvalue weighted by atomic mass is 14.6. The summed E-state index contributed by atoms with van der Waals surface area (Å²) in [5, 5.41) is -0.747. The summed E-state index contributed by atoms with van der Waals surface area (Å²) in [6.45, 7) is 1.75. The van der Waals surface area contributed by atoms with Crippen molar-refractivity contribution in [2.45, 2.75) is 12.1 Å². The molecule has 0 aliphatic rings. The van der Waals surface area contributed by atoms with Gasteiger partial charge in [-0.25, -0.2) is 0 Å². The summed E-state index contributed by atoms with van der Waals surface area (Å²) in [4.78, 5) is 3.85. The van der Waals surface area contributed by atoms with Crippen LogP contribution in [0.3, 0.4) is 0 Å². The fraction of sp³-hybridized carbons (Fsp3) is 0.286. The summed E-state index contributed by atoms with van der Waals surface area (Å²) in [6, 6.07) is 3.61. The van der Waals surface area contributed by atoms with Crippen LogP contribution in [0.15, 0.2) is 24.5 Å². The molecule has 0 N–H and O–H groups in total. The number of rotatable bonds is 1. The number of nitrogens with zero attached hydrogens (tertiary/aromatic N) is 1. The van der Waals surface area contributed by atoms with Gasteiger partial charge in [0.1, 0.15) is 0 Å². The Kier molecular flexibility index (Phi) is 1.84. The SMILES string of the molecule is [B]C([B])(C)c1ccncc1. The van der Waals surface area contributed by atoms with E-state index in [-0.39, 0.29) is 0 Å². The minimum absolute atomic E-state index is 0.747. The maximum atomic E-state index is 5.61. The molecule has 0 atom stereocenters. The van der Waals surface area contributed by atoms with Crippen molar-refractivity contribution in [2.24, 2.45) is 0 Å². The number of hydrogen-bond acceptors (Lipinski definition) is 1. The minimum atomic E-state index is -0.747. The smallest absolute Gasteiger partial charge is 0.0679 e. The van der Waals surface area contributed by atoms with Gasteiger partial charge in [-0.1, -0.05) is 17.7 Å². The molecule has 1 aromatic heterocycles. The molecule has 4 radical (unpaired) electrons. The third-order valence-electron chi connectivity index (χ3n) is 1.30. The zero-order valence-corrected chi connectivity index (χ0v) is 5.91. The number of hydrogen-bond donors (Lipinski definition) is 0. The zero-order chi connectivity index (χ0) is 7.61. The van der Waals surface area contributed by atoms with Crippen LogP contribution in [0, 0.1) is 0 Å². The normalized spacial score (nSPS) is 11.3. The third kappa shape index (κ3) is 1.63. The highest BCUT2D eigenvalue weighted by molar-refractivity contribution is 6.39. The molecule has 1 heterocycles. The molecule has 0 saturated heterocycles. The van der Waals surface area contributed by atoms with Crippen LogP contribution in [0.2, 0.25) is 0 Å². The molecule has 1 rings (SSSR count). The molecule has 1 nitrogen and oxygen atoms in total. The van der Waals surface area contributed by atoms with Crippen molar-refractivity contribution in [3.8, 4) is 0 Å². The van der Waals surface area contributed by atoms with Gasteiger partial charge >= 0.3 is 0 Å². The lowest BCUT2D eigenvalue weighted by Gasteiger charge is -2.18. The fourth-order valence-electron chi connectivity index (χ4n) is 0.711. The highest BCUT2D eigenvalue weighted by Gasteiger charge is 2.10. The summed E-state index contributed by atoms with van der Waals surface area (Å²) in [5.74, 6) is 0. The maximum absolute atomic E-state index is 5.61. The van der Waals surface area contributed by atoms with E-state index in [9.17, 15) is 0 Å². The molecule has 10 heavy (non-hydrogen) atoms. The van der Waals surface area contributed by atoms with Crippen molar-refractivity contribution in [3.63, 3.8) is 0 Å². The largest absolute Gasteiger partial charge is 0.265 e. The quantitative estimate of drug-likeness (QED) is 0.503. The van der Waals surface area contributed by atoms with E-state index in [1.807, 2.05) is 0 Å². The molecule has 0 unspecified atom stereocenters. The van der Waals surface area contributed by atoms with E-state index in [1.165, 1.54) is 0 Å². The highest BCUT2D eigenvalue weighted by Crippen LogP contribution is 2.13. The van der Waals surface area contributed by atoms with Crippen molar-refractivity contribution in [3.05, 3.63) is 30.1 Å². The molecular weight excluding hydrogens is 120 g/mol. The monoisotopic (exact) mass is 127 g/mol. The van der Waals surface area contributed by atoms with Crippen molar-refractivity contribution in [1.82, 2.24) is 4.98 Å². The second-order valence-electron chi connectivity index (χ2n) is 2.52. The van der Waals surface area contributed by atoms with Crippen LogP contribution >= 0.6 is 0 Å². The Balaban J connectivity index is 2.97. The Labute approximate surface area is 63.7 Å². The Morgan fingerprint density at radius 2 is 1.80 bits per heavy atom. The van der Waals surface area contributed by atoms with E-state index >= 15 is 0 Å². The lowest BCUT2D eigenvalue weighted by molar-refractivity contribution is 0.965. The van der Waals surface area contributed by atoms with Gasteiger partial charge in [-0.15, -0.1) is 0 Å². The lowest BCUT2D eigenvalue weighted by atomic mass is 9.53. The molecule has 0 aromatic carbocycles.